The predicted molar refractivity (Wildman–Crippen MR) is 96.5 cm³/mol. The Labute approximate surface area is 167 Å². The average Bonchev–Trinajstić information content (AvgIpc) is 2.60. The van der Waals surface area contributed by atoms with Gasteiger partial charge in [-0.05, 0) is 11.1 Å². The fourth-order valence-corrected chi connectivity index (χ4v) is 2.79. The van der Waals surface area contributed by atoms with Crippen LogP contribution in [0, 0.1) is 0 Å². The highest BCUT2D eigenvalue weighted by molar-refractivity contribution is 6.37. The predicted octanol–water partition coefficient (Wildman–Crippen LogP) is 5.54. The van der Waals surface area contributed by atoms with Crippen molar-refractivity contribution in [1.82, 2.24) is 0 Å². The third-order valence-electron chi connectivity index (χ3n) is 3.36. The first-order valence-electron chi connectivity index (χ1n) is 7.54. The van der Waals surface area contributed by atoms with Crippen LogP contribution in [-0.4, -0.2) is 24.5 Å². The fraction of sp³-hybridized carbons (Fsp3) is 0.167. The number of carboxylic acids is 1. The normalized spacial score (nSPS) is 11.9. The van der Waals surface area contributed by atoms with Crippen LogP contribution >= 0.6 is 23.2 Å². The SMILES string of the molecule is CO/C=C(/C(=O)O)c1ccccc1COc1cc(Cl)c(OC(F)(F)F)c(Cl)c1. The maximum absolute atomic E-state index is 12.4. The standard InChI is InChI=1S/C18H13Cl2F3O5/c1-26-9-13(17(24)25)12-5-3-2-4-10(12)8-27-11-6-14(19)16(15(20)7-11)28-18(21,22)23/h2-7,9H,8H2,1H3,(H,24,25)/b13-9+. The largest absolute Gasteiger partial charge is 0.573 e. The quantitative estimate of drug-likeness (QED) is 0.455. The summed E-state index contributed by atoms with van der Waals surface area (Å²) in [6.45, 7) is -0.101. The van der Waals surface area contributed by atoms with E-state index >= 15 is 0 Å². The summed E-state index contributed by atoms with van der Waals surface area (Å²) in [4.78, 5) is 11.4. The van der Waals surface area contributed by atoms with Gasteiger partial charge in [0.25, 0.3) is 0 Å². The van der Waals surface area contributed by atoms with E-state index in [9.17, 15) is 23.1 Å². The zero-order chi connectivity index (χ0) is 20.9. The van der Waals surface area contributed by atoms with Crippen LogP contribution in [0.5, 0.6) is 11.5 Å². The van der Waals surface area contributed by atoms with Crippen LogP contribution in [0.3, 0.4) is 0 Å². The minimum absolute atomic E-state index is 0.0759. The molecule has 10 heteroatoms. The number of benzene rings is 2. The molecule has 0 fully saturated rings. The van der Waals surface area contributed by atoms with Crippen molar-refractivity contribution in [2.24, 2.45) is 0 Å². The van der Waals surface area contributed by atoms with Gasteiger partial charge >= 0.3 is 12.3 Å². The molecule has 2 aromatic rings. The lowest BCUT2D eigenvalue weighted by molar-refractivity contribution is -0.274. The molecule has 1 N–H and O–H groups in total. The summed E-state index contributed by atoms with van der Waals surface area (Å²) in [5.74, 6) is -1.86. The average molecular weight is 437 g/mol. The topological polar surface area (TPSA) is 65.0 Å². The Morgan fingerprint density at radius 2 is 1.79 bits per heavy atom. The van der Waals surface area contributed by atoms with E-state index in [1.54, 1.807) is 24.3 Å². The van der Waals surface area contributed by atoms with Crippen LogP contribution < -0.4 is 9.47 Å². The van der Waals surface area contributed by atoms with E-state index in [1.807, 2.05) is 0 Å². The number of ether oxygens (including phenoxy) is 3. The Hall–Kier alpha value is -2.58. The molecule has 5 nitrogen and oxygen atoms in total. The number of carbonyl (C=O) groups is 1. The van der Waals surface area contributed by atoms with Gasteiger partial charge in [0.15, 0.2) is 5.75 Å². The fourth-order valence-electron chi connectivity index (χ4n) is 2.25. The van der Waals surface area contributed by atoms with Gasteiger partial charge in [0.05, 0.1) is 23.4 Å². The maximum Gasteiger partial charge on any atom is 0.573 e. The molecule has 0 spiro atoms. The summed E-state index contributed by atoms with van der Waals surface area (Å²) in [6.07, 6.45) is -3.87. The molecule has 0 atom stereocenters. The molecule has 2 aromatic carbocycles. The molecule has 0 saturated carbocycles. The Morgan fingerprint density at radius 3 is 2.32 bits per heavy atom. The molecule has 0 unspecified atom stereocenters. The van der Waals surface area contributed by atoms with Crippen LogP contribution in [0.1, 0.15) is 11.1 Å². The van der Waals surface area contributed by atoms with Crippen molar-refractivity contribution in [2.45, 2.75) is 13.0 Å². The van der Waals surface area contributed by atoms with E-state index in [0.717, 1.165) is 18.4 Å². The molecule has 0 aromatic heterocycles. The Balaban J connectivity index is 2.26. The molecule has 150 valence electrons. The van der Waals surface area contributed by atoms with Crippen molar-refractivity contribution in [1.29, 1.82) is 0 Å². The molecular formula is C18H13Cl2F3O5. The number of aliphatic carboxylic acids is 1. The van der Waals surface area contributed by atoms with Gasteiger partial charge in [0.2, 0.25) is 0 Å². The number of carboxylic acid groups (broad SMARTS) is 1. The molecule has 0 saturated heterocycles. The number of hydrogen-bond acceptors (Lipinski definition) is 4. The van der Waals surface area contributed by atoms with Gasteiger partial charge in [-0.1, -0.05) is 47.5 Å². The monoisotopic (exact) mass is 436 g/mol. The van der Waals surface area contributed by atoms with Gasteiger partial charge in [-0.15, -0.1) is 13.2 Å². The first kappa shape index (κ1) is 21.7. The van der Waals surface area contributed by atoms with Crippen molar-refractivity contribution in [3.63, 3.8) is 0 Å². The van der Waals surface area contributed by atoms with Crippen molar-refractivity contribution < 1.29 is 37.3 Å². The summed E-state index contributed by atoms with van der Waals surface area (Å²) in [5, 5.41) is 8.55. The van der Waals surface area contributed by atoms with E-state index in [0.29, 0.717) is 11.1 Å². The first-order chi connectivity index (χ1) is 13.1. The van der Waals surface area contributed by atoms with E-state index in [-0.39, 0.29) is 17.9 Å². The molecule has 28 heavy (non-hydrogen) atoms. The highest BCUT2D eigenvalue weighted by Gasteiger charge is 2.33. The van der Waals surface area contributed by atoms with Crippen molar-refractivity contribution in [3.8, 4) is 11.5 Å². The lowest BCUT2D eigenvalue weighted by atomic mass is 10.0. The molecule has 0 bridgehead atoms. The highest BCUT2D eigenvalue weighted by atomic mass is 35.5. The second-order valence-corrected chi connectivity index (χ2v) is 6.10. The van der Waals surface area contributed by atoms with Crippen molar-refractivity contribution >= 4 is 34.7 Å². The molecule has 0 aliphatic heterocycles. The number of alkyl halides is 3. The molecule has 0 amide bonds. The molecular weight excluding hydrogens is 424 g/mol. The number of rotatable bonds is 7. The van der Waals surface area contributed by atoms with Gasteiger partial charge in [0.1, 0.15) is 17.9 Å². The Morgan fingerprint density at radius 1 is 1.18 bits per heavy atom. The molecule has 0 radical (unpaired) electrons. The van der Waals surface area contributed by atoms with Crippen LogP contribution in [0.15, 0.2) is 42.7 Å². The first-order valence-corrected chi connectivity index (χ1v) is 8.30. The number of hydrogen-bond donors (Lipinski definition) is 1. The van der Waals surface area contributed by atoms with Gasteiger partial charge in [-0.3, -0.25) is 0 Å². The summed E-state index contributed by atoms with van der Waals surface area (Å²) in [6, 6.07) is 8.74. The minimum atomic E-state index is -4.95. The van der Waals surface area contributed by atoms with E-state index in [1.165, 1.54) is 7.11 Å². The molecule has 2 rings (SSSR count). The van der Waals surface area contributed by atoms with E-state index in [2.05, 4.69) is 4.74 Å². The van der Waals surface area contributed by atoms with E-state index in [4.69, 9.17) is 32.7 Å². The summed E-state index contributed by atoms with van der Waals surface area (Å²) >= 11 is 11.6. The molecule has 0 aliphatic rings. The lowest BCUT2D eigenvalue weighted by Gasteiger charge is -2.15. The second-order valence-electron chi connectivity index (χ2n) is 5.28. The minimum Gasteiger partial charge on any atom is -0.503 e. The number of methoxy groups -OCH3 is 1. The van der Waals surface area contributed by atoms with Crippen LogP contribution in [0.2, 0.25) is 10.0 Å². The molecule has 0 aliphatic carbocycles. The third-order valence-corrected chi connectivity index (χ3v) is 3.92. The van der Waals surface area contributed by atoms with E-state index < -0.39 is 28.1 Å². The van der Waals surface area contributed by atoms with Crippen LogP contribution in [0.4, 0.5) is 13.2 Å². The summed E-state index contributed by atoms with van der Waals surface area (Å²) < 4.78 is 51.3. The number of halogens is 5. The van der Waals surface area contributed by atoms with Gasteiger partial charge in [-0.25, -0.2) is 4.79 Å². The third kappa shape index (κ3) is 5.71. The summed E-state index contributed by atoms with van der Waals surface area (Å²) in [7, 11) is 1.32. The second kappa shape index (κ2) is 9.07. The molecule has 0 heterocycles. The Kier molecular flexibility index (Phi) is 7.04. The highest BCUT2D eigenvalue weighted by Crippen LogP contribution is 2.40. The van der Waals surface area contributed by atoms with Crippen LogP contribution in [0.25, 0.3) is 5.57 Å². The van der Waals surface area contributed by atoms with Crippen LogP contribution in [-0.2, 0) is 16.1 Å². The summed E-state index contributed by atoms with van der Waals surface area (Å²) in [5.41, 5.74) is 0.758. The zero-order valence-corrected chi connectivity index (χ0v) is 15.7. The Bertz CT molecular complexity index is 874. The lowest BCUT2D eigenvalue weighted by Crippen LogP contribution is -2.17. The van der Waals surface area contributed by atoms with Crippen molar-refractivity contribution in [3.05, 3.63) is 63.8 Å². The van der Waals surface area contributed by atoms with Gasteiger partial charge in [-0.2, -0.15) is 0 Å². The van der Waals surface area contributed by atoms with Gasteiger partial charge in [0, 0.05) is 12.1 Å². The zero-order valence-electron chi connectivity index (χ0n) is 14.2. The smallest absolute Gasteiger partial charge is 0.503 e. The van der Waals surface area contributed by atoms with Crippen molar-refractivity contribution in [2.75, 3.05) is 7.11 Å². The van der Waals surface area contributed by atoms with Gasteiger partial charge < -0.3 is 19.3 Å². The maximum atomic E-state index is 12.4.